The Kier molecular flexibility index (Phi) is 8.64. The summed E-state index contributed by atoms with van der Waals surface area (Å²) in [6.07, 6.45) is -6.11. The summed E-state index contributed by atoms with van der Waals surface area (Å²) >= 11 is 0. The Bertz CT molecular complexity index is 1040. The van der Waals surface area contributed by atoms with Gasteiger partial charge in [-0.1, -0.05) is 19.1 Å². The first kappa shape index (κ1) is 28.2. The Morgan fingerprint density at radius 2 is 1.32 bits per heavy atom. The molecule has 204 valence electrons. The zero-order valence-electron chi connectivity index (χ0n) is 20.4. The van der Waals surface area contributed by atoms with Gasteiger partial charge in [-0.05, 0) is 19.1 Å². The van der Waals surface area contributed by atoms with E-state index in [2.05, 4.69) is 4.74 Å². The number of likely N-dealkylation sites (tertiary alicyclic amines) is 2. The number of hydrogen-bond acceptors (Lipinski definition) is 7. The Morgan fingerprint density at radius 3 is 1.78 bits per heavy atom. The number of alkyl halides is 4. The molecule has 2 saturated heterocycles. The van der Waals surface area contributed by atoms with Crippen LogP contribution in [0.25, 0.3) is 0 Å². The zero-order valence-corrected chi connectivity index (χ0v) is 20.4. The van der Waals surface area contributed by atoms with E-state index in [1.165, 1.54) is 38.1 Å². The molecule has 0 bridgehead atoms. The van der Waals surface area contributed by atoms with Gasteiger partial charge in [0.25, 0.3) is 17.6 Å². The number of Topliss-reactive ketones (excluding diaryl/α,β-unsaturated/α-hetero) is 1. The molecule has 2 fully saturated rings. The van der Waals surface area contributed by atoms with Gasteiger partial charge in [-0.3, -0.25) is 24.2 Å². The van der Waals surface area contributed by atoms with E-state index in [1.54, 1.807) is 0 Å². The van der Waals surface area contributed by atoms with Gasteiger partial charge in [0.05, 0.1) is 6.61 Å². The highest BCUT2D eigenvalue weighted by molar-refractivity contribution is 5.92. The third-order valence-corrected chi connectivity index (χ3v) is 6.18. The van der Waals surface area contributed by atoms with Crippen LogP contribution in [0.1, 0.15) is 46.0 Å². The van der Waals surface area contributed by atoms with Crippen molar-refractivity contribution >= 4 is 23.6 Å². The molecule has 0 radical (unpaired) electrons. The van der Waals surface area contributed by atoms with E-state index in [0.717, 1.165) is 0 Å². The maximum atomic E-state index is 15.2. The molecule has 1 aromatic carbocycles. The number of ketones is 1. The summed E-state index contributed by atoms with van der Waals surface area (Å²) in [6, 6.07) is 5.61. The van der Waals surface area contributed by atoms with Crippen LogP contribution in [0.3, 0.4) is 0 Å². The molecule has 2 amide bonds. The molecule has 0 N–H and O–H groups in total. The number of halogens is 4. The van der Waals surface area contributed by atoms with Gasteiger partial charge in [0.2, 0.25) is 5.79 Å². The van der Waals surface area contributed by atoms with E-state index in [0.29, 0.717) is 0 Å². The summed E-state index contributed by atoms with van der Waals surface area (Å²) in [5.41, 5.74) is 0. The number of benzene rings is 1. The van der Waals surface area contributed by atoms with Gasteiger partial charge in [0, 0.05) is 32.1 Å². The highest BCUT2D eigenvalue weighted by Gasteiger charge is 2.57. The fraction of sp³-hybridized carbons (Fsp3) is 0.583. The Labute approximate surface area is 210 Å². The fourth-order valence-electron chi connectivity index (χ4n) is 4.37. The van der Waals surface area contributed by atoms with Gasteiger partial charge in [0.15, 0.2) is 43.1 Å². The minimum atomic E-state index is -2.98. The van der Waals surface area contributed by atoms with Crippen molar-refractivity contribution in [1.29, 1.82) is 0 Å². The number of rotatable bonds is 10. The predicted molar refractivity (Wildman–Crippen MR) is 119 cm³/mol. The lowest BCUT2D eigenvalue weighted by molar-refractivity contribution is -0.180. The number of carbonyl (C=O) groups excluding carboxylic acids is 4. The molecule has 1 aromatic rings. The Balaban J connectivity index is 1.67. The van der Waals surface area contributed by atoms with Crippen molar-refractivity contribution in [2.24, 2.45) is 0 Å². The lowest BCUT2D eigenvalue weighted by Gasteiger charge is -2.31. The second kappa shape index (κ2) is 11.3. The standard InChI is InChI=1S/C24H28F4N2O7/c1-3-17(31)23(27)11-9-18(25)29(23)20(32)13-36-15-7-5-6-8-16(15)37-14-21(33)30-19(26)10-12-24(30,28)22(34)35-4-2/h5-8,18-19H,3-4,9-14H2,1-2H3/t18?,19?,23-,24-/m0/s1. The molecule has 0 spiro atoms. The summed E-state index contributed by atoms with van der Waals surface area (Å²) in [6.45, 7) is 0.923. The van der Waals surface area contributed by atoms with Crippen molar-refractivity contribution in [3.05, 3.63) is 24.3 Å². The van der Waals surface area contributed by atoms with Crippen molar-refractivity contribution in [3.63, 3.8) is 0 Å². The highest BCUT2D eigenvalue weighted by atomic mass is 19.2. The molecule has 2 aliphatic heterocycles. The van der Waals surface area contributed by atoms with Crippen LogP contribution in [0.5, 0.6) is 11.5 Å². The first-order valence-corrected chi connectivity index (χ1v) is 11.8. The number of ether oxygens (including phenoxy) is 3. The fourth-order valence-corrected chi connectivity index (χ4v) is 4.37. The lowest BCUT2D eigenvalue weighted by atomic mass is 10.1. The summed E-state index contributed by atoms with van der Waals surface area (Å²) < 4.78 is 74.2. The van der Waals surface area contributed by atoms with E-state index >= 15 is 8.78 Å². The molecule has 2 aliphatic rings. The van der Waals surface area contributed by atoms with E-state index < -0.39 is 80.2 Å². The van der Waals surface area contributed by atoms with Gasteiger partial charge >= 0.3 is 5.97 Å². The predicted octanol–water partition coefficient (Wildman–Crippen LogP) is 3.15. The molecule has 3 rings (SSSR count). The molecule has 13 heteroatoms. The van der Waals surface area contributed by atoms with E-state index in [4.69, 9.17) is 9.47 Å². The van der Waals surface area contributed by atoms with Crippen molar-refractivity contribution in [1.82, 2.24) is 9.80 Å². The van der Waals surface area contributed by atoms with Gasteiger partial charge in [-0.15, -0.1) is 0 Å². The average molecular weight is 532 g/mol. The van der Waals surface area contributed by atoms with Crippen LogP contribution < -0.4 is 9.47 Å². The number of esters is 1. The van der Waals surface area contributed by atoms with E-state index in [9.17, 15) is 28.0 Å². The zero-order chi connectivity index (χ0) is 27.4. The first-order chi connectivity index (χ1) is 17.5. The van der Waals surface area contributed by atoms with Crippen LogP contribution >= 0.6 is 0 Å². The monoisotopic (exact) mass is 532 g/mol. The van der Waals surface area contributed by atoms with Gasteiger partial charge in [-0.25, -0.2) is 22.4 Å². The molecular weight excluding hydrogens is 504 g/mol. The smallest absolute Gasteiger partial charge is 0.365 e. The molecule has 2 heterocycles. The number of para-hydroxylation sites is 2. The minimum absolute atomic E-state index is 0.111. The second-order valence-corrected chi connectivity index (χ2v) is 8.51. The van der Waals surface area contributed by atoms with E-state index in [1.807, 2.05) is 0 Å². The van der Waals surface area contributed by atoms with Crippen LogP contribution in [-0.2, 0) is 23.9 Å². The summed E-state index contributed by atoms with van der Waals surface area (Å²) in [5.74, 6) is -10.6. The molecule has 2 unspecified atom stereocenters. The number of amides is 2. The molecule has 0 saturated carbocycles. The van der Waals surface area contributed by atoms with Gasteiger partial charge in [0.1, 0.15) is 0 Å². The highest BCUT2D eigenvalue weighted by Crippen LogP contribution is 2.39. The molecule has 0 aliphatic carbocycles. The molecule has 37 heavy (non-hydrogen) atoms. The summed E-state index contributed by atoms with van der Waals surface area (Å²) in [4.78, 5) is 49.6. The quantitative estimate of drug-likeness (QED) is 0.259. The number of nitrogens with zero attached hydrogens (tertiary/aromatic N) is 2. The summed E-state index contributed by atoms with van der Waals surface area (Å²) in [5, 5.41) is 0. The van der Waals surface area contributed by atoms with Crippen molar-refractivity contribution < 1.29 is 51.0 Å². The maximum Gasteiger partial charge on any atom is 0.365 e. The van der Waals surface area contributed by atoms with Crippen LogP contribution in [-0.4, -0.2) is 77.4 Å². The van der Waals surface area contributed by atoms with Crippen molar-refractivity contribution in [3.8, 4) is 11.5 Å². The molecule has 9 nitrogen and oxygen atoms in total. The summed E-state index contributed by atoms with van der Waals surface area (Å²) in [7, 11) is 0. The van der Waals surface area contributed by atoms with Gasteiger partial charge in [-0.2, -0.15) is 0 Å². The largest absolute Gasteiger partial charge is 0.480 e. The minimum Gasteiger partial charge on any atom is -0.480 e. The SMILES string of the molecule is CCOC(=O)[C@]1(F)CCC(F)N1C(=O)COc1ccccc1OCC(=O)N1C(F)CC[C@@]1(F)C(=O)CC. The molecule has 0 aromatic heterocycles. The van der Waals surface area contributed by atoms with Crippen LogP contribution in [0.15, 0.2) is 24.3 Å². The third-order valence-electron chi connectivity index (χ3n) is 6.18. The van der Waals surface area contributed by atoms with E-state index in [-0.39, 0.29) is 40.7 Å². The normalized spacial score (nSPS) is 27.2. The molecular formula is C24H28F4N2O7. The third kappa shape index (κ3) is 5.49. The van der Waals surface area contributed by atoms with Crippen molar-refractivity contribution in [2.45, 2.75) is 70.1 Å². The van der Waals surface area contributed by atoms with Crippen LogP contribution in [0.2, 0.25) is 0 Å². The molecule has 4 atom stereocenters. The van der Waals surface area contributed by atoms with Crippen LogP contribution in [0, 0.1) is 0 Å². The Hall–Kier alpha value is -3.38. The lowest BCUT2D eigenvalue weighted by Crippen LogP contribution is -2.54. The first-order valence-electron chi connectivity index (χ1n) is 11.8. The topological polar surface area (TPSA) is 102 Å². The maximum absolute atomic E-state index is 15.2. The average Bonchev–Trinajstić information content (AvgIpc) is 3.37. The van der Waals surface area contributed by atoms with Gasteiger partial charge < -0.3 is 14.2 Å². The Morgan fingerprint density at radius 1 is 0.865 bits per heavy atom. The second-order valence-electron chi connectivity index (χ2n) is 8.51. The number of carbonyl (C=O) groups is 4. The van der Waals surface area contributed by atoms with Crippen LogP contribution in [0.4, 0.5) is 17.6 Å². The van der Waals surface area contributed by atoms with Crippen molar-refractivity contribution in [2.75, 3.05) is 19.8 Å². The number of hydrogen-bond donors (Lipinski definition) is 0.